The number of rotatable bonds is 4. The largest absolute Gasteiger partial charge is 0.105 e. The Morgan fingerprint density at radius 2 is 1.10 bits per heavy atom. The van der Waals surface area contributed by atoms with Crippen molar-refractivity contribution >= 4 is 39.3 Å². The van der Waals surface area contributed by atoms with Gasteiger partial charge in [-0.2, -0.15) is 0 Å². The predicted octanol–water partition coefficient (Wildman–Crippen LogP) is 6.26. The van der Waals surface area contributed by atoms with Crippen molar-refractivity contribution in [2.75, 3.05) is 0 Å². The average molecular weight is 319 g/mol. The molecule has 3 heteroatoms. The van der Waals surface area contributed by atoms with Crippen LogP contribution in [0.5, 0.6) is 0 Å². The van der Waals surface area contributed by atoms with Crippen LogP contribution in [0.15, 0.2) is 60.7 Å². The predicted molar refractivity (Wildman–Crippen MR) is 97.5 cm³/mol. The van der Waals surface area contributed by atoms with Crippen molar-refractivity contribution in [2.45, 2.75) is 24.3 Å². The van der Waals surface area contributed by atoms with Crippen LogP contribution >= 0.6 is 35.7 Å². The minimum absolute atomic E-state index is 0.402. The van der Waals surface area contributed by atoms with Crippen LogP contribution in [0, 0.1) is 0 Å². The summed E-state index contributed by atoms with van der Waals surface area (Å²) in [5, 5.41) is 0.804. The molecule has 2 atom stereocenters. The van der Waals surface area contributed by atoms with Crippen LogP contribution in [0.4, 0.5) is 0 Å². The van der Waals surface area contributed by atoms with E-state index in [0.717, 1.165) is 3.53 Å². The second kappa shape index (κ2) is 7.87. The van der Waals surface area contributed by atoms with Gasteiger partial charge in [0, 0.05) is 10.5 Å². The van der Waals surface area contributed by atoms with E-state index >= 15 is 0 Å². The minimum atomic E-state index is 0.402. The van der Waals surface area contributed by atoms with Gasteiger partial charge >= 0.3 is 0 Å². The Bertz CT molecular complexity index is 487. The van der Waals surface area contributed by atoms with E-state index in [1.807, 2.05) is 12.1 Å². The first kappa shape index (κ1) is 15.6. The van der Waals surface area contributed by atoms with Crippen molar-refractivity contribution in [2.24, 2.45) is 0 Å². The Morgan fingerprint density at radius 1 is 0.750 bits per heavy atom. The van der Waals surface area contributed by atoms with E-state index in [9.17, 15) is 0 Å². The monoisotopic (exact) mass is 318 g/mol. The topological polar surface area (TPSA) is 0 Å². The quantitative estimate of drug-likeness (QED) is 0.611. The van der Waals surface area contributed by atoms with Crippen molar-refractivity contribution < 1.29 is 0 Å². The standard InChI is InChI=1S/C17H18S3/c1-13(15-9-5-3-6-10-15)19-17(18)20-14(2)16-11-7-4-8-12-16/h3-14H,1-2H3. The lowest BCUT2D eigenvalue weighted by atomic mass is 10.2. The summed E-state index contributed by atoms with van der Waals surface area (Å²) in [6, 6.07) is 21.0. The molecular formula is C17H18S3. The molecule has 0 aliphatic rings. The highest BCUT2D eigenvalue weighted by atomic mass is 32.2. The van der Waals surface area contributed by atoms with Gasteiger partial charge in [0.05, 0.1) is 0 Å². The third-order valence-electron chi connectivity index (χ3n) is 3.08. The Balaban J connectivity index is 1.90. The minimum Gasteiger partial charge on any atom is -0.0998 e. The first-order valence-electron chi connectivity index (χ1n) is 6.64. The maximum absolute atomic E-state index is 5.53. The zero-order chi connectivity index (χ0) is 14.4. The van der Waals surface area contributed by atoms with E-state index < -0.39 is 0 Å². The second-order valence-electron chi connectivity index (χ2n) is 4.59. The molecule has 20 heavy (non-hydrogen) atoms. The summed E-state index contributed by atoms with van der Waals surface area (Å²) in [6.45, 7) is 4.42. The van der Waals surface area contributed by atoms with Crippen LogP contribution < -0.4 is 0 Å². The first-order valence-corrected chi connectivity index (χ1v) is 8.80. The van der Waals surface area contributed by atoms with Crippen molar-refractivity contribution in [3.63, 3.8) is 0 Å². The van der Waals surface area contributed by atoms with Gasteiger partial charge in [0.15, 0.2) is 0 Å². The summed E-state index contributed by atoms with van der Waals surface area (Å²) in [6.07, 6.45) is 0. The molecule has 104 valence electrons. The molecule has 0 spiro atoms. The van der Waals surface area contributed by atoms with E-state index in [1.165, 1.54) is 11.1 Å². The Labute approximate surface area is 135 Å². The molecule has 0 saturated carbocycles. The molecule has 0 nitrogen and oxygen atoms in total. The van der Waals surface area contributed by atoms with Gasteiger partial charge in [0.2, 0.25) is 0 Å². The lowest BCUT2D eigenvalue weighted by molar-refractivity contribution is 1.11. The van der Waals surface area contributed by atoms with Crippen LogP contribution in [0.2, 0.25) is 0 Å². The van der Waals surface area contributed by atoms with Gasteiger partial charge in [0.1, 0.15) is 3.53 Å². The molecule has 0 amide bonds. The molecule has 0 saturated heterocycles. The summed E-state index contributed by atoms with van der Waals surface area (Å²) < 4.78 is 1.01. The number of hydrogen-bond donors (Lipinski definition) is 0. The van der Waals surface area contributed by atoms with Crippen molar-refractivity contribution in [3.05, 3.63) is 71.8 Å². The molecule has 0 radical (unpaired) electrons. The molecule has 0 aromatic heterocycles. The highest BCUT2D eigenvalue weighted by Gasteiger charge is 2.13. The molecule has 0 aliphatic heterocycles. The zero-order valence-electron chi connectivity index (χ0n) is 11.7. The van der Waals surface area contributed by atoms with Crippen LogP contribution in [0.3, 0.4) is 0 Å². The highest BCUT2D eigenvalue weighted by molar-refractivity contribution is 8.47. The van der Waals surface area contributed by atoms with Gasteiger partial charge in [-0.05, 0) is 25.0 Å². The number of hydrogen-bond acceptors (Lipinski definition) is 3. The van der Waals surface area contributed by atoms with E-state index in [2.05, 4.69) is 62.4 Å². The van der Waals surface area contributed by atoms with Crippen LogP contribution in [-0.2, 0) is 0 Å². The van der Waals surface area contributed by atoms with Crippen molar-refractivity contribution in [1.29, 1.82) is 0 Å². The fourth-order valence-corrected chi connectivity index (χ4v) is 5.02. The fraction of sp³-hybridized carbons (Fsp3) is 0.235. The number of thioether (sulfide) groups is 2. The maximum Gasteiger partial charge on any atom is 0.105 e. The van der Waals surface area contributed by atoms with Gasteiger partial charge in [-0.3, -0.25) is 0 Å². The average Bonchev–Trinajstić information content (AvgIpc) is 2.49. The van der Waals surface area contributed by atoms with Crippen molar-refractivity contribution in [3.8, 4) is 0 Å². The molecule has 0 bridgehead atoms. The maximum atomic E-state index is 5.53. The SMILES string of the molecule is CC(SC(=S)SC(C)c1ccccc1)c1ccccc1. The molecule has 2 aromatic rings. The summed E-state index contributed by atoms with van der Waals surface area (Å²) in [4.78, 5) is 0. The summed E-state index contributed by atoms with van der Waals surface area (Å²) >= 11 is 9.07. The first-order chi connectivity index (χ1) is 9.66. The third-order valence-corrected chi connectivity index (χ3v) is 5.88. The Morgan fingerprint density at radius 3 is 1.45 bits per heavy atom. The van der Waals surface area contributed by atoms with E-state index in [0.29, 0.717) is 10.5 Å². The summed E-state index contributed by atoms with van der Waals surface area (Å²) in [7, 11) is 0. The van der Waals surface area contributed by atoms with Gasteiger partial charge in [-0.15, -0.1) is 0 Å². The van der Waals surface area contributed by atoms with Gasteiger partial charge in [-0.25, -0.2) is 0 Å². The van der Waals surface area contributed by atoms with E-state index in [-0.39, 0.29) is 0 Å². The highest BCUT2D eigenvalue weighted by Crippen LogP contribution is 2.38. The lowest BCUT2D eigenvalue weighted by Gasteiger charge is -2.15. The lowest BCUT2D eigenvalue weighted by Crippen LogP contribution is -1.95. The van der Waals surface area contributed by atoms with E-state index in [4.69, 9.17) is 12.2 Å². The van der Waals surface area contributed by atoms with Gasteiger partial charge in [0.25, 0.3) is 0 Å². The van der Waals surface area contributed by atoms with Crippen LogP contribution in [-0.4, -0.2) is 3.53 Å². The molecule has 2 aromatic carbocycles. The second-order valence-corrected chi connectivity index (χ2v) is 8.48. The van der Waals surface area contributed by atoms with Crippen LogP contribution in [0.1, 0.15) is 35.5 Å². The molecule has 0 aliphatic carbocycles. The molecule has 0 heterocycles. The molecule has 0 fully saturated rings. The molecule has 2 rings (SSSR count). The molecular weight excluding hydrogens is 300 g/mol. The van der Waals surface area contributed by atoms with Gasteiger partial charge < -0.3 is 0 Å². The Hall–Kier alpha value is -0.770. The summed E-state index contributed by atoms with van der Waals surface area (Å²) in [5.74, 6) is 0. The Kier molecular flexibility index (Phi) is 6.14. The molecule has 0 N–H and O–H groups in total. The molecule has 2 unspecified atom stereocenters. The fourth-order valence-electron chi connectivity index (χ4n) is 1.90. The van der Waals surface area contributed by atoms with E-state index in [1.54, 1.807) is 23.5 Å². The smallest absolute Gasteiger partial charge is 0.0998 e. The zero-order valence-corrected chi connectivity index (χ0v) is 14.1. The normalized spacial score (nSPS) is 13.7. The number of thiocarbonyl (C=S) groups is 1. The van der Waals surface area contributed by atoms with Crippen molar-refractivity contribution in [1.82, 2.24) is 0 Å². The summed E-state index contributed by atoms with van der Waals surface area (Å²) in [5.41, 5.74) is 2.65. The third kappa shape index (κ3) is 4.65. The van der Waals surface area contributed by atoms with Gasteiger partial charge in [-0.1, -0.05) is 96.4 Å². The van der Waals surface area contributed by atoms with Crippen LogP contribution in [0.25, 0.3) is 0 Å². The number of benzene rings is 2.